The molecule has 2 rings (SSSR count). The molecule has 0 fully saturated rings. The van der Waals surface area contributed by atoms with Gasteiger partial charge < -0.3 is 25.4 Å². The monoisotopic (exact) mass is 399 g/mol. The predicted octanol–water partition coefficient (Wildman–Crippen LogP) is 3.75. The largest absolute Gasteiger partial charge is 0.491 e. The molecule has 156 valence electrons. The Balaban J connectivity index is 1.75. The van der Waals surface area contributed by atoms with Crippen LogP contribution in [0.5, 0.6) is 5.75 Å². The lowest BCUT2D eigenvalue weighted by Gasteiger charge is -2.10. The first-order valence-corrected chi connectivity index (χ1v) is 9.61. The maximum Gasteiger partial charge on any atom is 0.243 e. The summed E-state index contributed by atoms with van der Waals surface area (Å²) in [5, 5.41) is 8.74. The van der Waals surface area contributed by atoms with Crippen molar-refractivity contribution in [2.24, 2.45) is 5.92 Å². The van der Waals surface area contributed by atoms with Gasteiger partial charge in [0.15, 0.2) is 0 Å². The van der Waals surface area contributed by atoms with Crippen LogP contribution in [0.3, 0.4) is 0 Å². The second kappa shape index (κ2) is 11.7. The number of hydrogen-bond acceptors (Lipinski definition) is 5. The van der Waals surface area contributed by atoms with Crippen LogP contribution in [0, 0.1) is 5.92 Å². The molecule has 0 bridgehead atoms. The molecule has 0 heterocycles. The van der Waals surface area contributed by atoms with Crippen LogP contribution in [0.2, 0.25) is 0 Å². The van der Waals surface area contributed by atoms with E-state index in [0.29, 0.717) is 31.2 Å². The lowest BCUT2D eigenvalue weighted by Crippen LogP contribution is -2.21. The summed E-state index contributed by atoms with van der Waals surface area (Å²) in [6, 6.07) is 14.4. The summed E-state index contributed by atoms with van der Waals surface area (Å²) in [7, 11) is 1.62. The number of hydrogen-bond donors (Lipinski definition) is 3. The second-order valence-corrected chi connectivity index (χ2v) is 6.99. The number of ether oxygens (including phenoxy) is 2. The Labute approximate surface area is 171 Å². The number of benzene rings is 2. The van der Waals surface area contributed by atoms with E-state index < -0.39 is 0 Å². The zero-order valence-electron chi connectivity index (χ0n) is 17.2. The van der Waals surface area contributed by atoms with Gasteiger partial charge in [-0.05, 0) is 54.4 Å². The molecular weight excluding hydrogens is 370 g/mol. The van der Waals surface area contributed by atoms with Crippen molar-refractivity contribution in [1.82, 2.24) is 0 Å². The standard InChI is InChI=1S/C22H29N3O4/c1-16(2)14-21(26)24-18-6-4-17(5-7-18)23-15-22(27)25-19-8-10-20(11-9-19)29-13-12-28-3/h4-11,16,23H,12-15H2,1-3H3,(H,24,26)(H,25,27). The van der Waals surface area contributed by atoms with Gasteiger partial charge in [-0.25, -0.2) is 0 Å². The molecule has 7 nitrogen and oxygen atoms in total. The highest BCUT2D eigenvalue weighted by Crippen LogP contribution is 2.16. The molecule has 0 saturated carbocycles. The lowest BCUT2D eigenvalue weighted by molar-refractivity contribution is -0.117. The van der Waals surface area contributed by atoms with Crippen LogP contribution in [-0.2, 0) is 14.3 Å². The Kier molecular flexibility index (Phi) is 8.98. The molecule has 0 aliphatic carbocycles. The molecule has 0 saturated heterocycles. The van der Waals surface area contributed by atoms with E-state index in [1.165, 1.54) is 0 Å². The summed E-state index contributed by atoms with van der Waals surface area (Å²) in [6.45, 7) is 5.14. The van der Waals surface area contributed by atoms with Gasteiger partial charge in [-0.15, -0.1) is 0 Å². The van der Waals surface area contributed by atoms with Crippen molar-refractivity contribution in [2.45, 2.75) is 20.3 Å². The summed E-state index contributed by atoms with van der Waals surface area (Å²) < 4.78 is 10.4. The minimum Gasteiger partial charge on any atom is -0.491 e. The first-order valence-electron chi connectivity index (χ1n) is 9.61. The van der Waals surface area contributed by atoms with E-state index in [-0.39, 0.29) is 18.4 Å². The van der Waals surface area contributed by atoms with Gasteiger partial charge in [0.1, 0.15) is 12.4 Å². The van der Waals surface area contributed by atoms with Gasteiger partial charge in [0.05, 0.1) is 13.2 Å². The first-order chi connectivity index (χ1) is 14.0. The predicted molar refractivity (Wildman–Crippen MR) is 115 cm³/mol. The fourth-order valence-corrected chi connectivity index (χ4v) is 2.52. The fourth-order valence-electron chi connectivity index (χ4n) is 2.52. The molecule has 0 unspecified atom stereocenters. The van der Waals surface area contributed by atoms with Crippen molar-refractivity contribution in [3.63, 3.8) is 0 Å². The molecule has 3 N–H and O–H groups in total. The molecule has 2 aromatic carbocycles. The molecule has 0 spiro atoms. The Morgan fingerprint density at radius 1 is 0.828 bits per heavy atom. The van der Waals surface area contributed by atoms with Crippen LogP contribution < -0.4 is 20.7 Å². The molecule has 0 atom stereocenters. The summed E-state index contributed by atoms with van der Waals surface area (Å²) in [5.74, 6) is 0.871. The zero-order chi connectivity index (χ0) is 21.1. The van der Waals surface area contributed by atoms with Gasteiger partial charge in [0.25, 0.3) is 0 Å². The Bertz CT molecular complexity index is 774. The summed E-state index contributed by atoms with van der Waals surface area (Å²) in [6.07, 6.45) is 0.487. The summed E-state index contributed by atoms with van der Waals surface area (Å²) >= 11 is 0. The third-order valence-electron chi connectivity index (χ3n) is 3.91. The van der Waals surface area contributed by atoms with E-state index in [1.54, 1.807) is 43.5 Å². The molecule has 0 aliphatic heterocycles. The van der Waals surface area contributed by atoms with Crippen LogP contribution in [0.1, 0.15) is 20.3 Å². The van der Waals surface area contributed by atoms with Gasteiger partial charge in [0, 0.05) is 30.6 Å². The van der Waals surface area contributed by atoms with Crippen molar-refractivity contribution in [2.75, 3.05) is 42.8 Å². The average Bonchev–Trinajstić information content (AvgIpc) is 2.68. The maximum atomic E-state index is 12.1. The van der Waals surface area contributed by atoms with E-state index in [4.69, 9.17) is 9.47 Å². The third-order valence-corrected chi connectivity index (χ3v) is 3.91. The number of rotatable bonds is 11. The molecule has 7 heteroatoms. The number of nitrogens with one attached hydrogen (secondary N) is 3. The van der Waals surface area contributed by atoms with Crippen LogP contribution >= 0.6 is 0 Å². The normalized spacial score (nSPS) is 10.5. The van der Waals surface area contributed by atoms with Crippen molar-refractivity contribution in [1.29, 1.82) is 0 Å². The Morgan fingerprint density at radius 2 is 1.38 bits per heavy atom. The molecule has 2 aromatic rings. The Morgan fingerprint density at radius 3 is 1.97 bits per heavy atom. The minimum atomic E-state index is -0.160. The van der Waals surface area contributed by atoms with Crippen molar-refractivity contribution in [3.8, 4) is 5.75 Å². The van der Waals surface area contributed by atoms with E-state index in [2.05, 4.69) is 16.0 Å². The quantitative estimate of drug-likeness (QED) is 0.501. The number of carbonyl (C=O) groups is 2. The average molecular weight is 399 g/mol. The minimum absolute atomic E-state index is 0.00444. The molecule has 0 aromatic heterocycles. The van der Waals surface area contributed by atoms with Crippen molar-refractivity contribution in [3.05, 3.63) is 48.5 Å². The van der Waals surface area contributed by atoms with Gasteiger partial charge >= 0.3 is 0 Å². The zero-order valence-corrected chi connectivity index (χ0v) is 17.2. The fraction of sp³-hybridized carbons (Fsp3) is 0.364. The van der Waals surface area contributed by atoms with Crippen molar-refractivity contribution >= 4 is 28.9 Å². The van der Waals surface area contributed by atoms with E-state index >= 15 is 0 Å². The molecule has 0 radical (unpaired) electrons. The van der Waals surface area contributed by atoms with E-state index in [1.807, 2.05) is 26.0 Å². The maximum absolute atomic E-state index is 12.1. The highest BCUT2D eigenvalue weighted by molar-refractivity contribution is 5.94. The van der Waals surface area contributed by atoms with Gasteiger partial charge in [-0.3, -0.25) is 9.59 Å². The number of amides is 2. The molecular formula is C22H29N3O4. The lowest BCUT2D eigenvalue weighted by atomic mass is 10.1. The van der Waals surface area contributed by atoms with Crippen LogP contribution in [0.15, 0.2) is 48.5 Å². The van der Waals surface area contributed by atoms with Gasteiger partial charge in [-0.2, -0.15) is 0 Å². The molecule has 2 amide bonds. The second-order valence-electron chi connectivity index (χ2n) is 6.99. The van der Waals surface area contributed by atoms with Crippen molar-refractivity contribution < 1.29 is 19.1 Å². The highest BCUT2D eigenvalue weighted by atomic mass is 16.5. The summed E-state index contributed by atoms with van der Waals surface area (Å²) in [5.41, 5.74) is 2.22. The number of carbonyl (C=O) groups excluding carboxylic acids is 2. The van der Waals surface area contributed by atoms with Crippen LogP contribution in [0.4, 0.5) is 17.1 Å². The van der Waals surface area contributed by atoms with Gasteiger partial charge in [-0.1, -0.05) is 13.8 Å². The topological polar surface area (TPSA) is 88.7 Å². The van der Waals surface area contributed by atoms with Crippen LogP contribution in [0.25, 0.3) is 0 Å². The number of anilines is 3. The van der Waals surface area contributed by atoms with E-state index in [0.717, 1.165) is 17.1 Å². The SMILES string of the molecule is COCCOc1ccc(NC(=O)CNc2ccc(NC(=O)CC(C)C)cc2)cc1. The molecule has 0 aliphatic rings. The third kappa shape index (κ3) is 8.66. The first kappa shape index (κ1) is 22.2. The highest BCUT2D eigenvalue weighted by Gasteiger charge is 2.06. The number of methoxy groups -OCH3 is 1. The smallest absolute Gasteiger partial charge is 0.243 e. The van der Waals surface area contributed by atoms with Gasteiger partial charge in [0.2, 0.25) is 11.8 Å². The van der Waals surface area contributed by atoms with E-state index in [9.17, 15) is 9.59 Å². The van der Waals surface area contributed by atoms with Crippen LogP contribution in [-0.4, -0.2) is 38.7 Å². The molecule has 29 heavy (non-hydrogen) atoms. The Hall–Kier alpha value is -3.06. The summed E-state index contributed by atoms with van der Waals surface area (Å²) in [4.78, 5) is 23.9.